The number of benzene rings is 3. The van der Waals surface area contributed by atoms with E-state index in [1.807, 2.05) is 0 Å². The van der Waals surface area contributed by atoms with Crippen LogP contribution < -0.4 is 18.9 Å². The predicted molar refractivity (Wildman–Crippen MR) is 119 cm³/mol. The van der Waals surface area contributed by atoms with Gasteiger partial charge in [0.2, 0.25) is 5.75 Å². The van der Waals surface area contributed by atoms with Crippen molar-refractivity contribution in [2.45, 2.75) is 12.5 Å². The SMILES string of the molecule is COc1ccc(C[C@@H](O)c2cc(OC)c(OC)c(OC)c2)cc1O.Oc1ccccc1O. The molecule has 3 aromatic rings. The van der Waals surface area contributed by atoms with E-state index >= 15 is 0 Å². The van der Waals surface area contributed by atoms with Crippen molar-refractivity contribution < 1.29 is 39.4 Å². The Hall–Kier alpha value is -3.78. The molecule has 0 aliphatic heterocycles. The highest BCUT2D eigenvalue weighted by Gasteiger charge is 2.18. The summed E-state index contributed by atoms with van der Waals surface area (Å²) >= 11 is 0. The van der Waals surface area contributed by atoms with Crippen molar-refractivity contribution in [3.05, 3.63) is 65.7 Å². The summed E-state index contributed by atoms with van der Waals surface area (Å²) in [4.78, 5) is 0. The molecule has 8 nitrogen and oxygen atoms in total. The fourth-order valence-electron chi connectivity index (χ4n) is 2.96. The van der Waals surface area contributed by atoms with Gasteiger partial charge < -0.3 is 39.4 Å². The average Bonchev–Trinajstić information content (AvgIpc) is 2.80. The number of phenols is 3. The van der Waals surface area contributed by atoms with Crippen LogP contribution in [0.5, 0.6) is 40.2 Å². The minimum absolute atomic E-state index is 0.0343. The molecule has 0 bridgehead atoms. The van der Waals surface area contributed by atoms with Gasteiger partial charge in [-0.15, -0.1) is 0 Å². The number of para-hydroxylation sites is 2. The third kappa shape index (κ3) is 6.12. The third-order valence-corrected chi connectivity index (χ3v) is 4.63. The molecule has 172 valence electrons. The van der Waals surface area contributed by atoms with Crippen LogP contribution in [0.4, 0.5) is 0 Å². The maximum Gasteiger partial charge on any atom is 0.203 e. The van der Waals surface area contributed by atoms with Gasteiger partial charge in [-0.25, -0.2) is 0 Å². The van der Waals surface area contributed by atoms with E-state index in [1.54, 1.807) is 42.5 Å². The Labute approximate surface area is 186 Å². The van der Waals surface area contributed by atoms with Crippen molar-refractivity contribution in [3.8, 4) is 40.2 Å². The molecule has 0 unspecified atom stereocenters. The average molecular weight is 444 g/mol. The van der Waals surface area contributed by atoms with Gasteiger partial charge in [-0.2, -0.15) is 0 Å². The highest BCUT2D eigenvalue weighted by molar-refractivity contribution is 5.54. The molecule has 0 heterocycles. The summed E-state index contributed by atoms with van der Waals surface area (Å²) in [5, 5.41) is 37.7. The van der Waals surface area contributed by atoms with Crippen LogP contribution in [-0.4, -0.2) is 48.9 Å². The Balaban J connectivity index is 0.000000380. The second kappa shape index (κ2) is 11.6. The molecule has 3 aromatic carbocycles. The van der Waals surface area contributed by atoms with Gasteiger partial charge >= 0.3 is 0 Å². The van der Waals surface area contributed by atoms with Crippen LogP contribution in [0.25, 0.3) is 0 Å². The monoisotopic (exact) mass is 444 g/mol. The van der Waals surface area contributed by atoms with E-state index in [4.69, 9.17) is 29.2 Å². The van der Waals surface area contributed by atoms with E-state index < -0.39 is 6.10 Å². The van der Waals surface area contributed by atoms with Crippen LogP contribution in [0, 0.1) is 0 Å². The summed E-state index contributed by atoms with van der Waals surface area (Å²) in [6.45, 7) is 0. The van der Waals surface area contributed by atoms with Crippen LogP contribution in [0.2, 0.25) is 0 Å². The van der Waals surface area contributed by atoms with Crippen molar-refractivity contribution in [2.24, 2.45) is 0 Å². The summed E-state index contributed by atoms with van der Waals surface area (Å²) in [7, 11) is 6.06. The maximum atomic E-state index is 10.5. The van der Waals surface area contributed by atoms with Crippen LogP contribution >= 0.6 is 0 Å². The van der Waals surface area contributed by atoms with Gasteiger partial charge in [-0.3, -0.25) is 0 Å². The third-order valence-electron chi connectivity index (χ3n) is 4.63. The Morgan fingerprint density at radius 1 is 0.656 bits per heavy atom. The first kappa shape index (κ1) is 24.5. The number of phenolic OH excluding ortho intramolecular Hbond substituents is 3. The molecule has 0 fully saturated rings. The summed E-state index contributed by atoms with van der Waals surface area (Å²) in [5.74, 6) is 1.69. The topological polar surface area (TPSA) is 118 Å². The Bertz CT molecular complexity index is 973. The lowest BCUT2D eigenvalue weighted by Crippen LogP contribution is -2.04. The molecule has 3 rings (SSSR count). The zero-order valence-electron chi connectivity index (χ0n) is 18.4. The number of ether oxygens (including phenoxy) is 4. The highest BCUT2D eigenvalue weighted by atomic mass is 16.5. The molecule has 0 saturated heterocycles. The van der Waals surface area contributed by atoms with E-state index in [0.29, 0.717) is 35.0 Å². The summed E-state index contributed by atoms with van der Waals surface area (Å²) in [6.07, 6.45) is -0.484. The fourth-order valence-corrected chi connectivity index (χ4v) is 2.96. The van der Waals surface area contributed by atoms with Gasteiger partial charge in [-0.1, -0.05) is 18.2 Å². The van der Waals surface area contributed by atoms with Crippen molar-refractivity contribution >= 4 is 0 Å². The maximum absolute atomic E-state index is 10.5. The van der Waals surface area contributed by atoms with Gasteiger partial charge in [0.15, 0.2) is 34.5 Å². The molecule has 0 amide bonds. The first-order valence-electron chi connectivity index (χ1n) is 9.65. The normalized spacial score (nSPS) is 11.0. The Morgan fingerprint density at radius 3 is 1.59 bits per heavy atom. The van der Waals surface area contributed by atoms with Crippen LogP contribution in [-0.2, 0) is 6.42 Å². The molecule has 8 heteroatoms. The number of methoxy groups -OCH3 is 4. The lowest BCUT2D eigenvalue weighted by atomic mass is 10.00. The molecule has 1 atom stereocenters. The number of hydrogen-bond acceptors (Lipinski definition) is 8. The zero-order chi connectivity index (χ0) is 23.7. The van der Waals surface area contributed by atoms with Crippen molar-refractivity contribution in [3.63, 3.8) is 0 Å². The molecule has 32 heavy (non-hydrogen) atoms. The summed E-state index contributed by atoms with van der Waals surface area (Å²) in [6, 6.07) is 14.6. The van der Waals surface area contributed by atoms with Gasteiger partial charge in [-0.05, 0) is 47.5 Å². The molecular weight excluding hydrogens is 416 g/mol. The lowest BCUT2D eigenvalue weighted by molar-refractivity contribution is 0.177. The van der Waals surface area contributed by atoms with Gasteiger partial charge in [0.05, 0.1) is 34.5 Å². The largest absolute Gasteiger partial charge is 0.504 e. The minimum Gasteiger partial charge on any atom is -0.504 e. The zero-order valence-corrected chi connectivity index (χ0v) is 18.4. The molecule has 0 aliphatic carbocycles. The second-order valence-corrected chi connectivity index (χ2v) is 6.67. The number of aromatic hydroxyl groups is 3. The van der Waals surface area contributed by atoms with E-state index in [9.17, 15) is 10.2 Å². The van der Waals surface area contributed by atoms with Crippen molar-refractivity contribution in [1.29, 1.82) is 0 Å². The van der Waals surface area contributed by atoms with Crippen LogP contribution in [0.1, 0.15) is 17.2 Å². The number of rotatable bonds is 7. The van der Waals surface area contributed by atoms with Crippen LogP contribution in [0.3, 0.4) is 0 Å². The standard InChI is InChI=1S/C18H22O6.C6H6O2/c1-21-15-6-5-11(8-14(15)20)7-13(19)12-9-16(22-2)18(24-4)17(10-12)23-3;7-5-3-1-2-4-6(5)8/h5-6,8-10,13,19-20H,7H2,1-4H3;1-4,7-8H/t13-;/m1./s1. The summed E-state index contributed by atoms with van der Waals surface area (Å²) < 4.78 is 20.9. The molecule has 0 aromatic heterocycles. The van der Waals surface area contributed by atoms with Crippen LogP contribution in [0.15, 0.2) is 54.6 Å². The van der Waals surface area contributed by atoms with Gasteiger partial charge in [0, 0.05) is 6.42 Å². The van der Waals surface area contributed by atoms with E-state index in [1.165, 1.54) is 40.6 Å². The first-order chi connectivity index (χ1) is 15.3. The quantitative estimate of drug-likeness (QED) is 0.407. The van der Waals surface area contributed by atoms with Crippen molar-refractivity contribution in [1.82, 2.24) is 0 Å². The number of hydrogen-bond donors (Lipinski definition) is 4. The molecule has 0 radical (unpaired) electrons. The van der Waals surface area contributed by atoms with E-state index in [-0.39, 0.29) is 17.2 Å². The number of aliphatic hydroxyl groups excluding tert-OH is 1. The molecule has 0 saturated carbocycles. The molecular formula is C24H28O8. The summed E-state index contributed by atoms with van der Waals surface area (Å²) in [5.41, 5.74) is 1.40. The predicted octanol–water partition coefficient (Wildman–Crippen LogP) is 3.80. The minimum atomic E-state index is -0.800. The lowest BCUT2D eigenvalue weighted by Gasteiger charge is -2.17. The van der Waals surface area contributed by atoms with E-state index in [0.717, 1.165) is 5.56 Å². The molecule has 0 spiro atoms. The Kier molecular flexibility index (Phi) is 8.85. The van der Waals surface area contributed by atoms with Crippen molar-refractivity contribution in [2.75, 3.05) is 28.4 Å². The first-order valence-corrected chi connectivity index (χ1v) is 9.65. The fraction of sp³-hybridized carbons (Fsp3) is 0.250. The number of aliphatic hydroxyl groups is 1. The smallest absolute Gasteiger partial charge is 0.203 e. The highest BCUT2D eigenvalue weighted by Crippen LogP contribution is 2.40. The van der Waals surface area contributed by atoms with Gasteiger partial charge in [0.25, 0.3) is 0 Å². The van der Waals surface area contributed by atoms with E-state index in [2.05, 4.69) is 0 Å². The molecule has 0 aliphatic rings. The van der Waals surface area contributed by atoms with Gasteiger partial charge in [0.1, 0.15) is 0 Å². The second-order valence-electron chi connectivity index (χ2n) is 6.67. The Morgan fingerprint density at radius 2 is 1.19 bits per heavy atom. The molecule has 4 N–H and O–H groups in total.